The molecule has 21 heavy (non-hydrogen) atoms. The number of aromatic amines is 1. The van der Waals surface area contributed by atoms with E-state index in [4.69, 9.17) is 0 Å². The Morgan fingerprint density at radius 3 is 2.62 bits per heavy atom. The van der Waals surface area contributed by atoms with Gasteiger partial charge in [-0.05, 0) is 40.9 Å². The molecule has 0 saturated carbocycles. The van der Waals surface area contributed by atoms with E-state index in [-0.39, 0.29) is 10.9 Å². The van der Waals surface area contributed by atoms with Crippen molar-refractivity contribution in [2.75, 3.05) is 27.2 Å². The van der Waals surface area contributed by atoms with Gasteiger partial charge in [0.1, 0.15) is 4.90 Å². The normalized spacial score (nSPS) is 13.8. The van der Waals surface area contributed by atoms with Crippen LogP contribution in [0.15, 0.2) is 4.90 Å². The number of H-pyrrole nitrogens is 1. The fraction of sp³-hybridized carbons (Fsp3) is 0.769. The molecular formula is C13H27N5O2S. The van der Waals surface area contributed by atoms with E-state index >= 15 is 0 Å². The molecule has 1 rings (SSSR count). The minimum Gasteiger partial charge on any atom is -0.311 e. The molecular weight excluding hydrogens is 290 g/mol. The van der Waals surface area contributed by atoms with Crippen LogP contribution < -0.4 is 10.0 Å². The van der Waals surface area contributed by atoms with E-state index in [1.165, 1.54) is 0 Å². The Balaban J connectivity index is 2.89. The summed E-state index contributed by atoms with van der Waals surface area (Å²) in [4.78, 5) is 2.20. The molecule has 0 bridgehead atoms. The molecule has 0 aliphatic heterocycles. The first-order chi connectivity index (χ1) is 9.77. The number of rotatable bonds is 9. The third-order valence-corrected chi connectivity index (χ3v) is 4.74. The molecule has 0 radical (unpaired) electrons. The van der Waals surface area contributed by atoms with Crippen molar-refractivity contribution in [3.05, 3.63) is 11.4 Å². The summed E-state index contributed by atoms with van der Waals surface area (Å²) < 4.78 is 27.8. The number of likely N-dealkylation sites (N-methyl/N-ethyl adjacent to an activating group) is 1. The summed E-state index contributed by atoms with van der Waals surface area (Å²) in [6, 6.07) is -0.171. The molecule has 8 heteroatoms. The van der Waals surface area contributed by atoms with E-state index in [0.29, 0.717) is 24.5 Å². The molecule has 0 aliphatic rings. The van der Waals surface area contributed by atoms with Crippen LogP contribution in [0.5, 0.6) is 0 Å². The molecule has 122 valence electrons. The average Bonchev–Trinajstić information content (AvgIpc) is 2.69. The van der Waals surface area contributed by atoms with Crippen LogP contribution in [0.4, 0.5) is 0 Å². The minimum absolute atomic E-state index is 0.171. The van der Waals surface area contributed by atoms with Crippen LogP contribution in [0.1, 0.15) is 31.7 Å². The molecule has 1 atom stereocenters. The quantitative estimate of drug-likeness (QED) is 0.575. The minimum atomic E-state index is -3.57. The lowest BCUT2D eigenvalue weighted by Gasteiger charge is -2.18. The van der Waals surface area contributed by atoms with Crippen molar-refractivity contribution in [1.82, 2.24) is 25.1 Å². The Hall–Kier alpha value is -0.960. The van der Waals surface area contributed by atoms with Gasteiger partial charge in [0.15, 0.2) is 0 Å². The fourth-order valence-electron chi connectivity index (χ4n) is 2.24. The first-order valence-electron chi connectivity index (χ1n) is 7.19. The van der Waals surface area contributed by atoms with Crippen LogP contribution in [0.2, 0.25) is 0 Å². The zero-order valence-corrected chi connectivity index (χ0v) is 14.3. The van der Waals surface area contributed by atoms with Crippen LogP contribution in [-0.4, -0.2) is 56.7 Å². The van der Waals surface area contributed by atoms with Crippen LogP contribution in [-0.2, 0) is 16.6 Å². The highest BCUT2D eigenvalue weighted by molar-refractivity contribution is 7.89. The van der Waals surface area contributed by atoms with Gasteiger partial charge < -0.3 is 10.2 Å². The average molecular weight is 317 g/mol. The molecule has 1 aromatic rings. The maximum absolute atomic E-state index is 12.5. The maximum atomic E-state index is 12.5. The topological polar surface area (TPSA) is 90.1 Å². The first kappa shape index (κ1) is 18.1. The van der Waals surface area contributed by atoms with Gasteiger partial charge in [0.05, 0.1) is 11.4 Å². The molecule has 1 heterocycles. The van der Waals surface area contributed by atoms with E-state index in [2.05, 4.69) is 27.2 Å². The van der Waals surface area contributed by atoms with Crippen LogP contribution >= 0.6 is 0 Å². The Labute approximate surface area is 127 Å². The van der Waals surface area contributed by atoms with Crippen LogP contribution in [0.25, 0.3) is 0 Å². The van der Waals surface area contributed by atoms with Gasteiger partial charge in [-0.2, -0.15) is 5.10 Å². The van der Waals surface area contributed by atoms with Gasteiger partial charge in [0, 0.05) is 19.1 Å². The molecule has 0 saturated heterocycles. The van der Waals surface area contributed by atoms with E-state index < -0.39 is 10.0 Å². The number of aryl methyl sites for hydroxylation is 1. The highest BCUT2D eigenvalue weighted by Crippen LogP contribution is 2.17. The summed E-state index contributed by atoms with van der Waals surface area (Å²) in [5, 5.41) is 10.0. The van der Waals surface area contributed by atoms with E-state index in [0.717, 1.165) is 13.0 Å². The smallest absolute Gasteiger partial charge is 0.244 e. The largest absolute Gasteiger partial charge is 0.311 e. The van der Waals surface area contributed by atoms with E-state index in [1.54, 1.807) is 6.92 Å². The van der Waals surface area contributed by atoms with Gasteiger partial charge in [0.25, 0.3) is 0 Å². The molecule has 7 nitrogen and oxygen atoms in total. The van der Waals surface area contributed by atoms with Crippen LogP contribution in [0.3, 0.4) is 0 Å². The summed E-state index contributed by atoms with van der Waals surface area (Å²) in [7, 11) is 0.251. The zero-order valence-electron chi connectivity index (χ0n) is 13.5. The molecule has 0 aromatic carbocycles. The molecule has 3 N–H and O–H groups in total. The molecule has 0 amide bonds. The Morgan fingerprint density at radius 1 is 1.38 bits per heavy atom. The highest BCUT2D eigenvalue weighted by atomic mass is 32.2. The lowest BCUT2D eigenvalue weighted by molar-refractivity contribution is 0.370. The zero-order chi connectivity index (χ0) is 16.0. The predicted octanol–water partition coefficient (Wildman–Crippen LogP) is 0.446. The summed E-state index contributed by atoms with van der Waals surface area (Å²) in [6.45, 7) is 7.54. The standard InChI is InChI=1S/C13H27N5O2S/c1-6-7-14-8-12-13(11(3)15-16-12)21(19,20)17-10(2)9-18(4)5/h10,14,17H,6-9H2,1-5H3,(H,15,16). The predicted molar refractivity (Wildman–Crippen MR) is 83.7 cm³/mol. The van der Waals surface area contributed by atoms with Crippen molar-refractivity contribution in [2.24, 2.45) is 0 Å². The van der Waals surface area contributed by atoms with Gasteiger partial charge in [-0.25, -0.2) is 13.1 Å². The second kappa shape index (κ2) is 7.88. The summed E-state index contributed by atoms with van der Waals surface area (Å²) in [5.41, 5.74) is 1.10. The van der Waals surface area contributed by atoms with Crippen molar-refractivity contribution < 1.29 is 8.42 Å². The number of hydrogen-bond donors (Lipinski definition) is 3. The summed E-state index contributed by atoms with van der Waals surface area (Å²) in [5.74, 6) is 0. The van der Waals surface area contributed by atoms with E-state index in [1.807, 2.05) is 25.9 Å². The highest BCUT2D eigenvalue weighted by Gasteiger charge is 2.25. The van der Waals surface area contributed by atoms with Gasteiger partial charge in [0.2, 0.25) is 10.0 Å². The molecule has 0 fully saturated rings. The SMILES string of the molecule is CCCNCc1n[nH]c(C)c1S(=O)(=O)NC(C)CN(C)C. The number of nitrogens with one attached hydrogen (secondary N) is 3. The second-order valence-electron chi connectivity index (χ2n) is 5.59. The summed E-state index contributed by atoms with van der Waals surface area (Å²) in [6.07, 6.45) is 0.990. The van der Waals surface area contributed by atoms with Crippen molar-refractivity contribution in [3.63, 3.8) is 0 Å². The van der Waals surface area contributed by atoms with Crippen molar-refractivity contribution >= 4 is 10.0 Å². The third-order valence-electron chi connectivity index (χ3n) is 2.94. The molecule has 1 unspecified atom stereocenters. The van der Waals surface area contributed by atoms with E-state index in [9.17, 15) is 8.42 Å². The molecule has 0 aliphatic carbocycles. The van der Waals surface area contributed by atoms with Gasteiger partial charge in [-0.1, -0.05) is 6.92 Å². The Kier molecular flexibility index (Phi) is 6.79. The monoisotopic (exact) mass is 317 g/mol. The number of aromatic nitrogens is 2. The van der Waals surface area contributed by atoms with Crippen molar-refractivity contribution in [2.45, 2.75) is 44.7 Å². The lowest BCUT2D eigenvalue weighted by atomic mass is 10.3. The Bertz CT molecular complexity index is 539. The van der Waals surface area contributed by atoms with Gasteiger partial charge >= 0.3 is 0 Å². The summed E-state index contributed by atoms with van der Waals surface area (Å²) >= 11 is 0. The number of hydrogen-bond acceptors (Lipinski definition) is 5. The van der Waals surface area contributed by atoms with Gasteiger partial charge in [-0.3, -0.25) is 5.10 Å². The molecule has 1 aromatic heterocycles. The van der Waals surface area contributed by atoms with Crippen molar-refractivity contribution in [3.8, 4) is 0 Å². The number of sulfonamides is 1. The maximum Gasteiger partial charge on any atom is 0.244 e. The Morgan fingerprint density at radius 2 is 2.05 bits per heavy atom. The fourth-order valence-corrected chi connectivity index (χ4v) is 3.84. The number of nitrogens with zero attached hydrogens (tertiary/aromatic N) is 2. The second-order valence-corrected chi connectivity index (χ2v) is 7.24. The van der Waals surface area contributed by atoms with Gasteiger partial charge in [-0.15, -0.1) is 0 Å². The molecule has 0 spiro atoms. The first-order valence-corrected chi connectivity index (χ1v) is 8.67. The lowest BCUT2D eigenvalue weighted by Crippen LogP contribution is -2.40. The third kappa shape index (κ3) is 5.39. The van der Waals surface area contributed by atoms with Crippen molar-refractivity contribution in [1.29, 1.82) is 0 Å². The van der Waals surface area contributed by atoms with Crippen LogP contribution in [0, 0.1) is 6.92 Å².